The van der Waals surface area contributed by atoms with Crippen molar-refractivity contribution in [3.05, 3.63) is 29.6 Å². The summed E-state index contributed by atoms with van der Waals surface area (Å²) >= 11 is 0. The second kappa shape index (κ2) is 6.02. The van der Waals surface area contributed by atoms with Crippen LogP contribution >= 0.6 is 0 Å². The standard InChI is InChI=1S/C16H22N2O2/c1-2-18-9-10-20-14(11-18)16(19)13-7-3-5-12-6-4-8-17-15(12)13/h4,6,8,13-14H,2-3,5,7,9-11H2,1H3. The Balaban J connectivity index is 1.78. The summed E-state index contributed by atoms with van der Waals surface area (Å²) in [5, 5.41) is 0. The third-order valence-corrected chi connectivity index (χ3v) is 4.45. The lowest BCUT2D eigenvalue weighted by Gasteiger charge is -2.34. The van der Waals surface area contributed by atoms with Gasteiger partial charge in [0, 0.05) is 19.3 Å². The van der Waals surface area contributed by atoms with E-state index in [0.717, 1.165) is 44.6 Å². The lowest BCUT2D eigenvalue weighted by atomic mass is 9.82. The average Bonchev–Trinajstić information content (AvgIpc) is 2.53. The monoisotopic (exact) mass is 274 g/mol. The number of aromatic nitrogens is 1. The molecule has 20 heavy (non-hydrogen) atoms. The van der Waals surface area contributed by atoms with E-state index in [1.54, 1.807) is 6.20 Å². The van der Waals surface area contributed by atoms with E-state index in [9.17, 15) is 4.79 Å². The molecule has 4 heteroatoms. The van der Waals surface area contributed by atoms with Crippen molar-refractivity contribution in [3.8, 4) is 0 Å². The summed E-state index contributed by atoms with van der Waals surface area (Å²) < 4.78 is 5.72. The van der Waals surface area contributed by atoms with Gasteiger partial charge in [0.1, 0.15) is 6.10 Å². The van der Waals surface area contributed by atoms with Crippen LogP contribution in [0.15, 0.2) is 18.3 Å². The van der Waals surface area contributed by atoms with Gasteiger partial charge in [-0.25, -0.2) is 0 Å². The van der Waals surface area contributed by atoms with Crippen molar-refractivity contribution in [1.82, 2.24) is 9.88 Å². The summed E-state index contributed by atoms with van der Waals surface area (Å²) in [5.41, 5.74) is 2.22. The minimum absolute atomic E-state index is 0.0678. The first-order valence-corrected chi connectivity index (χ1v) is 7.61. The Morgan fingerprint density at radius 3 is 3.30 bits per heavy atom. The molecule has 1 aliphatic carbocycles. The summed E-state index contributed by atoms with van der Waals surface area (Å²) in [4.78, 5) is 19.5. The highest BCUT2D eigenvalue weighted by atomic mass is 16.5. The molecule has 3 rings (SSSR count). The van der Waals surface area contributed by atoms with Crippen LogP contribution < -0.4 is 0 Å². The molecule has 2 heterocycles. The Morgan fingerprint density at radius 2 is 2.45 bits per heavy atom. The van der Waals surface area contributed by atoms with Crippen molar-refractivity contribution in [2.24, 2.45) is 0 Å². The fourth-order valence-electron chi connectivity index (χ4n) is 3.27. The largest absolute Gasteiger partial charge is 0.368 e. The normalized spacial score (nSPS) is 27.1. The van der Waals surface area contributed by atoms with E-state index in [1.165, 1.54) is 5.56 Å². The number of carbonyl (C=O) groups is 1. The Kier molecular flexibility index (Phi) is 4.13. The lowest BCUT2D eigenvalue weighted by Crippen LogP contribution is -2.47. The van der Waals surface area contributed by atoms with E-state index in [0.29, 0.717) is 6.61 Å². The quantitative estimate of drug-likeness (QED) is 0.843. The molecule has 2 unspecified atom stereocenters. The Hall–Kier alpha value is -1.26. The minimum Gasteiger partial charge on any atom is -0.368 e. The van der Waals surface area contributed by atoms with E-state index in [1.807, 2.05) is 6.07 Å². The van der Waals surface area contributed by atoms with Gasteiger partial charge < -0.3 is 4.74 Å². The van der Waals surface area contributed by atoms with Crippen LogP contribution in [0, 0.1) is 0 Å². The number of ketones is 1. The van der Waals surface area contributed by atoms with Gasteiger partial charge in [-0.2, -0.15) is 0 Å². The maximum Gasteiger partial charge on any atom is 0.171 e. The molecule has 1 aromatic heterocycles. The van der Waals surface area contributed by atoms with Gasteiger partial charge in [-0.3, -0.25) is 14.7 Å². The lowest BCUT2D eigenvalue weighted by molar-refractivity contribution is -0.138. The summed E-state index contributed by atoms with van der Waals surface area (Å²) in [6.45, 7) is 5.43. The van der Waals surface area contributed by atoms with E-state index in [4.69, 9.17) is 4.74 Å². The molecule has 0 amide bonds. The number of nitrogens with zero attached hydrogens (tertiary/aromatic N) is 2. The van der Waals surface area contributed by atoms with Crippen LogP contribution in [0.25, 0.3) is 0 Å². The fourth-order valence-corrected chi connectivity index (χ4v) is 3.27. The van der Waals surface area contributed by atoms with Crippen molar-refractivity contribution >= 4 is 5.78 Å². The Morgan fingerprint density at radius 1 is 1.55 bits per heavy atom. The van der Waals surface area contributed by atoms with E-state index < -0.39 is 0 Å². The number of carbonyl (C=O) groups excluding carboxylic acids is 1. The number of aryl methyl sites for hydroxylation is 1. The third kappa shape index (κ3) is 2.63. The molecule has 1 aliphatic heterocycles. The zero-order valence-corrected chi connectivity index (χ0v) is 12.0. The maximum absolute atomic E-state index is 12.8. The van der Waals surface area contributed by atoms with Gasteiger partial charge in [0.05, 0.1) is 18.2 Å². The zero-order valence-electron chi connectivity index (χ0n) is 12.0. The molecule has 0 saturated carbocycles. The molecule has 108 valence electrons. The van der Waals surface area contributed by atoms with Crippen molar-refractivity contribution in [3.63, 3.8) is 0 Å². The number of Topliss-reactive ketones (excluding diaryl/α,β-unsaturated/α-hetero) is 1. The topological polar surface area (TPSA) is 42.4 Å². The molecule has 0 aromatic carbocycles. The molecule has 1 aromatic rings. The number of ether oxygens (including phenoxy) is 1. The average molecular weight is 274 g/mol. The molecule has 2 aliphatic rings. The van der Waals surface area contributed by atoms with Crippen molar-refractivity contribution in [2.45, 2.75) is 38.2 Å². The fraction of sp³-hybridized carbons (Fsp3) is 0.625. The zero-order chi connectivity index (χ0) is 13.9. The molecule has 0 radical (unpaired) electrons. The molecular formula is C16H22N2O2. The molecule has 2 atom stereocenters. The van der Waals surface area contributed by atoms with Crippen molar-refractivity contribution < 1.29 is 9.53 Å². The van der Waals surface area contributed by atoms with Crippen molar-refractivity contribution in [1.29, 1.82) is 0 Å². The first-order chi connectivity index (χ1) is 9.79. The minimum atomic E-state index is -0.276. The summed E-state index contributed by atoms with van der Waals surface area (Å²) in [5.74, 6) is 0.157. The summed E-state index contributed by atoms with van der Waals surface area (Å²) in [6, 6.07) is 4.06. The third-order valence-electron chi connectivity index (χ3n) is 4.45. The number of likely N-dealkylation sites (N-methyl/N-ethyl adjacent to an activating group) is 1. The van der Waals surface area contributed by atoms with Gasteiger partial charge in [-0.15, -0.1) is 0 Å². The molecule has 0 bridgehead atoms. The van der Waals surface area contributed by atoms with Gasteiger partial charge in [0.25, 0.3) is 0 Å². The first-order valence-electron chi connectivity index (χ1n) is 7.61. The van der Waals surface area contributed by atoms with Crippen molar-refractivity contribution in [2.75, 3.05) is 26.2 Å². The number of pyridine rings is 1. The molecule has 4 nitrogen and oxygen atoms in total. The number of fused-ring (bicyclic) bond motifs is 1. The highest BCUT2D eigenvalue weighted by Crippen LogP contribution is 2.32. The molecule has 1 fully saturated rings. The van der Waals surface area contributed by atoms with Gasteiger partial charge in [-0.1, -0.05) is 13.0 Å². The SMILES string of the molecule is CCN1CCOC(C(=O)C2CCCc3cccnc32)C1. The van der Waals surface area contributed by atoms with E-state index in [2.05, 4.69) is 22.9 Å². The van der Waals surface area contributed by atoms with Gasteiger partial charge >= 0.3 is 0 Å². The van der Waals surface area contributed by atoms with Crippen LogP contribution in [0.5, 0.6) is 0 Å². The van der Waals surface area contributed by atoms with Gasteiger partial charge in [0.2, 0.25) is 0 Å². The van der Waals surface area contributed by atoms with E-state index in [-0.39, 0.29) is 17.8 Å². The number of morpholine rings is 1. The van der Waals surface area contributed by atoms with Crippen LogP contribution in [0.2, 0.25) is 0 Å². The maximum atomic E-state index is 12.8. The summed E-state index contributed by atoms with van der Waals surface area (Å²) in [7, 11) is 0. The predicted molar refractivity (Wildman–Crippen MR) is 76.8 cm³/mol. The molecule has 1 saturated heterocycles. The van der Waals surface area contributed by atoms with Crippen LogP contribution in [0.3, 0.4) is 0 Å². The number of hydrogen-bond acceptors (Lipinski definition) is 4. The number of rotatable bonds is 3. The second-order valence-corrected chi connectivity index (χ2v) is 5.65. The molecule has 0 spiro atoms. The van der Waals surface area contributed by atoms with Crippen LogP contribution in [0.1, 0.15) is 36.9 Å². The van der Waals surface area contributed by atoms with Gasteiger partial charge in [0.15, 0.2) is 5.78 Å². The number of hydrogen-bond donors (Lipinski definition) is 0. The smallest absolute Gasteiger partial charge is 0.171 e. The highest BCUT2D eigenvalue weighted by Gasteiger charge is 2.35. The molecular weight excluding hydrogens is 252 g/mol. The van der Waals surface area contributed by atoms with Gasteiger partial charge in [-0.05, 0) is 37.4 Å². The van der Waals surface area contributed by atoms with E-state index >= 15 is 0 Å². The highest BCUT2D eigenvalue weighted by molar-refractivity contribution is 5.90. The second-order valence-electron chi connectivity index (χ2n) is 5.65. The Labute approximate surface area is 120 Å². The van der Waals surface area contributed by atoms with Crippen LogP contribution in [-0.4, -0.2) is 48.0 Å². The van der Waals surface area contributed by atoms with Crippen LogP contribution in [-0.2, 0) is 16.0 Å². The molecule has 0 N–H and O–H groups in total. The van der Waals surface area contributed by atoms with Crippen LogP contribution in [0.4, 0.5) is 0 Å². The summed E-state index contributed by atoms with van der Waals surface area (Å²) in [6.07, 6.45) is 4.54. The Bertz CT molecular complexity index is 489. The first kappa shape index (κ1) is 13.7. The predicted octanol–water partition coefficient (Wildman–Crippen LogP) is 1.79.